The second-order valence-electron chi connectivity index (χ2n) is 5.59. The molecule has 26 heavy (non-hydrogen) atoms. The Bertz CT molecular complexity index is 745. The van der Waals surface area contributed by atoms with Gasteiger partial charge >= 0.3 is 6.61 Å². The van der Waals surface area contributed by atoms with Crippen LogP contribution in [-0.2, 0) is 0 Å². The predicted octanol–water partition coefficient (Wildman–Crippen LogP) is 3.04. The van der Waals surface area contributed by atoms with Crippen LogP contribution in [0.25, 0.3) is 0 Å². The Morgan fingerprint density at radius 3 is 2.35 bits per heavy atom. The van der Waals surface area contributed by atoms with Crippen LogP contribution in [0.5, 0.6) is 5.75 Å². The van der Waals surface area contributed by atoms with E-state index in [9.17, 15) is 13.6 Å². The number of rotatable bonds is 4. The van der Waals surface area contributed by atoms with Crippen LogP contribution in [0.1, 0.15) is 10.6 Å². The van der Waals surface area contributed by atoms with Crippen LogP contribution in [0.15, 0.2) is 47.1 Å². The highest BCUT2D eigenvalue weighted by Gasteiger charge is 2.24. The van der Waals surface area contributed by atoms with Gasteiger partial charge in [-0.05, 0) is 48.6 Å². The number of furan rings is 1. The smallest absolute Gasteiger partial charge is 0.387 e. The van der Waals surface area contributed by atoms with Gasteiger partial charge in [0.15, 0.2) is 10.9 Å². The summed E-state index contributed by atoms with van der Waals surface area (Å²) < 4.78 is 33.7. The van der Waals surface area contributed by atoms with Crippen molar-refractivity contribution in [3.63, 3.8) is 0 Å². The lowest BCUT2D eigenvalue weighted by atomic mass is 10.3. The summed E-state index contributed by atoms with van der Waals surface area (Å²) in [7, 11) is 0. The molecule has 1 amide bonds. The number of carbonyl (C=O) groups excluding carboxylic acids is 1. The van der Waals surface area contributed by atoms with Crippen molar-refractivity contribution < 1.29 is 22.7 Å². The highest BCUT2D eigenvalue weighted by atomic mass is 32.1. The zero-order valence-corrected chi connectivity index (χ0v) is 14.5. The summed E-state index contributed by atoms with van der Waals surface area (Å²) in [6.45, 7) is -0.615. The van der Waals surface area contributed by atoms with Gasteiger partial charge in [0.25, 0.3) is 5.91 Å². The van der Waals surface area contributed by atoms with E-state index in [1.165, 1.54) is 18.4 Å². The standard InChI is InChI=1S/C17H17F2N3O3S/c18-16(19)25-13-5-3-12(4-6-13)20-17(26)22-9-7-21(8-10-22)15(23)14-2-1-11-24-14/h1-6,11,16H,7-10H2,(H,20,26). The molecule has 138 valence electrons. The Hall–Kier alpha value is -2.68. The maximum atomic E-state index is 12.2. The molecule has 1 aliphatic rings. The number of anilines is 1. The number of thiocarbonyl (C=S) groups is 1. The SMILES string of the molecule is O=C(c1ccco1)N1CCN(C(=S)Nc2ccc(OC(F)F)cc2)CC1. The van der Waals surface area contributed by atoms with Gasteiger partial charge in [0.2, 0.25) is 0 Å². The summed E-state index contributed by atoms with van der Waals surface area (Å²) >= 11 is 5.38. The molecule has 1 aromatic heterocycles. The predicted molar refractivity (Wildman–Crippen MR) is 95.5 cm³/mol. The van der Waals surface area contributed by atoms with E-state index in [2.05, 4.69) is 10.1 Å². The third-order valence-corrected chi connectivity index (χ3v) is 4.28. The molecule has 2 aromatic rings. The first-order valence-corrected chi connectivity index (χ1v) is 8.37. The highest BCUT2D eigenvalue weighted by Crippen LogP contribution is 2.18. The molecule has 2 heterocycles. The molecule has 0 bridgehead atoms. The molecule has 1 aromatic carbocycles. The number of ether oxygens (including phenoxy) is 1. The largest absolute Gasteiger partial charge is 0.459 e. The molecule has 0 atom stereocenters. The fourth-order valence-corrected chi connectivity index (χ4v) is 2.89. The monoisotopic (exact) mass is 381 g/mol. The number of alkyl halides is 2. The zero-order valence-electron chi connectivity index (χ0n) is 13.7. The van der Waals surface area contributed by atoms with Crippen molar-refractivity contribution in [1.29, 1.82) is 0 Å². The molecule has 0 aliphatic carbocycles. The van der Waals surface area contributed by atoms with Gasteiger partial charge in [-0.15, -0.1) is 0 Å². The van der Waals surface area contributed by atoms with Gasteiger partial charge in [-0.1, -0.05) is 0 Å². The van der Waals surface area contributed by atoms with Crippen molar-refractivity contribution in [2.45, 2.75) is 6.61 Å². The van der Waals surface area contributed by atoms with Gasteiger partial charge in [0.05, 0.1) is 6.26 Å². The van der Waals surface area contributed by atoms with E-state index in [0.29, 0.717) is 42.7 Å². The lowest BCUT2D eigenvalue weighted by molar-refractivity contribution is -0.0498. The van der Waals surface area contributed by atoms with Gasteiger partial charge in [0.1, 0.15) is 5.75 Å². The molecule has 1 fully saturated rings. The van der Waals surface area contributed by atoms with Gasteiger partial charge < -0.3 is 24.3 Å². The summed E-state index contributed by atoms with van der Waals surface area (Å²) in [4.78, 5) is 15.9. The van der Waals surface area contributed by atoms with Crippen molar-refractivity contribution in [1.82, 2.24) is 9.80 Å². The van der Waals surface area contributed by atoms with Crippen molar-refractivity contribution in [3.05, 3.63) is 48.4 Å². The molecule has 0 radical (unpaired) electrons. The summed E-state index contributed by atoms with van der Waals surface area (Å²) in [5, 5.41) is 3.57. The normalized spacial score (nSPS) is 14.4. The zero-order chi connectivity index (χ0) is 18.5. The Labute approximate surface area is 154 Å². The topological polar surface area (TPSA) is 58.0 Å². The number of nitrogens with one attached hydrogen (secondary N) is 1. The fourth-order valence-electron chi connectivity index (χ4n) is 2.59. The second-order valence-corrected chi connectivity index (χ2v) is 5.98. The molecule has 0 spiro atoms. The number of halogens is 2. The number of nitrogens with zero attached hydrogens (tertiary/aromatic N) is 2. The number of benzene rings is 1. The van der Waals surface area contributed by atoms with Crippen molar-refractivity contribution in [2.24, 2.45) is 0 Å². The van der Waals surface area contributed by atoms with E-state index in [1.807, 2.05) is 4.90 Å². The first-order chi connectivity index (χ1) is 12.5. The first kappa shape index (κ1) is 18.1. The first-order valence-electron chi connectivity index (χ1n) is 7.96. The van der Waals surface area contributed by atoms with Crippen LogP contribution in [0.2, 0.25) is 0 Å². The minimum atomic E-state index is -2.85. The molecule has 1 saturated heterocycles. The summed E-state index contributed by atoms with van der Waals surface area (Å²) in [6.07, 6.45) is 1.47. The molecule has 1 aliphatic heterocycles. The number of amides is 1. The van der Waals surface area contributed by atoms with Gasteiger partial charge in [-0.3, -0.25) is 4.79 Å². The quantitative estimate of drug-likeness (QED) is 0.822. The summed E-state index contributed by atoms with van der Waals surface area (Å²) in [5.41, 5.74) is 0.672. The molecular weight excluding hydrogens is 364 g/mol. The molecule has 3 rings (SSSR count). The summed E-state index contributed by atoms with van der Waals surface area (Å²) in [6, 6.07) is 9.43. The van der Waals surface area contributed by atoms with Crippen LogP contribution in [0.3, 0.4) is 0 Å². The second kappa shape index (κ2) is 8.13. The summed E-state index contributed by atoms with van der Waals surface area (Å²) in [5.74, 6) is 0.273. The Morgan fingerprint density at radius 2 is 1.77 bits per heavy atom. The van der Waals surface area contributed by atoms with E-state index < -0.39 is 6.61 Å². The fraction of sp³-hybridized carbons (Fsp3) is 0.294. The van der Waals surface area contributed by atoms with E-state index in [0.717, 1.165) is 0 Å². The minimum absolute atomic E-state index is 0.0847. The van der Waals surface area contributed by atoms with Crippen LogP contribution < -0.4 is 10.1 Å². The Balaban J connectivity index is 1.50. The lowest BCUT2D eigenvalue weighted by Crippen LogP contribution is -2.51. The third-order valence-electron chi connectivity index (χ3n) is 3.92. The number of piperazine rings is 1. The molecule has 1 N–H and O–H groups in total. The maximum absolute atomic E-state index is 12.2. The number of hydrogen-bond donors (Lipinski definition) is 1. The van der Waals surface area contributed by atoms with E-state index in [4.69, 9.17) is 16.6 Å². The number of hydrogen-bond acceptors (Lipinski definition) is 4. The minimum Gasteiger partial charge on any atom is -0.459 e. The van der Waals surface area contributed by atoms with Crippen LogP contribution in [-0.4, -0.2) is 53.6 Å². The third kappa shape index (κ3) is 4.48. The molecule has 0 saturated carbocycles. The average molecular weight is 381 g/mol. The van der Waals surface area contributed by atoms with E-state index >= 15 is 0 Å². The maximum Gasteiger partial charge on any atom is 0.387 e. The molecule has 6 nitrogen and oxygen atoms in total. The van der Waals surface area contributed by atoms with E-state index in [-0.39, 0.29) is 11.7 Å². The molecule has 0 unspecified atom stereocenters. The van der Waals surface area contributed by atoms with Gasteiger partial charge in [0, 0.05) is 31.9 Å². The van der Waals surface area contributed by atoms with Crippen molar-refractivity contribution in [3.8, 4) is 5.75 Å². The van der Waals surface area contributed by atoms with Crippen LogP contribution >= 0.6 is 12.2 Å². The van der Waals surface area contributed by atoms with Gasteiger partial charge in [-0.2, -0.15) is 8.78 Å². The van der Waals surface area contributed by atoms with Crippen LogP contribution in [0.4, 0.5) is 14.5 Å². The lowest BCUT2D eigenvalue weighted by Gasteiger charge is -2.35. The van der Waals surface area contributed by atoms with E-state index in [1.54, 1.807) is 29.2 Å². The number of carbonyl (C=O) groups is 1. The van der Waals surface area contributed by atoms with Gasteiger partial charge in [-0.25, -0.2) is 0 Å². The van der Waals surface area contributed by atoms with Crippen LogP contribution in [0, 0.1) is 0 Å². The Kier molecular flexibility index (Phi) is 5.67. The molecular formula is C17H17F2N3O3S. The highest BCUT2D eigenvalue weighted by molar-refractivity contribution is 7.80. The van der Waals surface area contributed by atoms with Crippen molar-refractivity contribution >= 4 is 28.9 Å². The Morgan fingerprint density at radius 1 is 1.12 bits per heavy atom. The molecule has 9 heteroatoms. The average Bonchev–Trinajstić information content (AvgIpc) is 3.17. The van der Waals surface area contributed by atoms with Crippen molar-refractivity contribution in [2.75, 3.05) is 31.5 Å².